The molecule has 1 aromatic heterocycles. The summed E-state index contributed by atoms with van der Waals surface area (Å²) in [5.74, 6) is 0.569. The van der Waals surface area contributed by atoms with E-state index in [0.717, 1.165) is 12.1 Å². The number of thioether (sulfide) groups is 1. The lowest BCUT2D eigenvalue weighted by molar-refractivity contribution is -0.137. The van der Waals surface area contributed by atoms with Gasteiger partial charge in [-0.1, -0.05) is 11.8 Å². The molecular formula is C12H10F3N3S. The van der Waals surface area contributed by atoms with E-state index < -0.39 is 11.7 Å². The molecule has 0 aliphatic carbocycles. The zero-order chi connectivity index (χ0) is 14.0. The van der Waals surface area contributed by atoms with Gasteiger partial charge in [-0.3, -0.25) is 0 Å². The summed E-state index contributed by atoms with van der Waals surface area (Å²) in [5, 5.41) is 9.08. The van der Waals surface area contributed by atoms with Gasteiger partial charge in [0.15, 0.2) is 5.16 Å². The number of benzene rings is 1. The Morgan fingerprint density at radius 1 is 1.42 bits per heavy atom. The van der Waals surface area contributed by atoms with E-state index in [1.807, 2.05) is 6.07 Å². The molecule has 0 amide bonds. The van der Waals surface area contributed by atoms with Crippen molar-refractivity contribution in [3.05, 3.63) is 23.8 Å². The fraction of sp³-hybridized carbons (Fsp3) is 0.333. The Morgan fingerprint density at radius 2 is 2.16 bits per heavy atom. The molecule has 3 nitrogen and oxygen atoms in total. The van der Waals surface area contributed by atoms with Crippen LogP contribution >= 0.6 is 11.8 Å². The molecule has 0 radical (unpaired) electrons. The highest BCUT2D eigenvalue weighted by molar-refractivity contribution is 7.99. The molecule has 0 saturated carbocycles. The molecule has 0 fully saturated rings. The van der Waals surface area contributed by atoms with E-state index in [1.165, 1.54) is 17.8 Å². The maximum absolute atomic E-state index is 12.6. The number of hydrogen-bond acceptors (Lipinski definition) is 3. The first-order valence-electron chi connectivity index (χ1n) is 5.47. The number of halogens is 3. The Kier molecular flexibility index (Phi) is 3.71. The average molecular weight is 285 g/mol. The second-order valence-electron chi connectivity index (χ2n) is 3.91. The molecule has 0 unspecified atom stereocenters. The van der Waals surface area contributed by atoms with Crippen molar-refractivity contribution in [1.29, 1.82) is 5.26 Å². The monoisotopic (exact) mass is 285 g/mol. The first-order chi connectivity index (χ1) is 8.93. The molecule has 0 aliphatic rings. The van der Waals surface area contributed by atoms with Crippen LogP contribution in [0.1, 0.15) is 12.0 Å². The number of imidazole rings is 1. The minimum Gasteiger partial charge on any atom is -0.322 e. The second-order valence-corrected chi connectivity index (χ2v) is 4.97. The molecule has 0 saturated heterocycles. The Balaban J connectivity index is 2.37. The molecule has 19 heavy (non-hydrogen) atoms. The zero-order valence-electron chi connectivity index (χ0n) is 10.0. The first kappa shape index (κ1) is 13.7. The summed E-state index contributed by atoms with van der Waals surface area (Å²) in [6.07, 6.45) is -3.98. The molecule has 1 heterocycles. The summed E-state index contributed by atoms with van der Waals surface area (Å²) >= 11 is 1.36. The lowest BCUT2D eigenvalue weighted by atomic mass is 10.2. The predicted molar refractivity (Wildman–Crippen MR) is 66.7 cm³/mol. The maximum Gasteiger partial charge on any atom is 0.416 e. The Bertz CT molecular complexity index is 640. The zero-order valence-corrected chi connectivity index (χ0v) is 10.8. The molecule has 0 aliphatic heterocycles. The van der Waals surface area contributed by atoms with Gasteiger partial charge >= 0.3 is 6.18 Å². The quantitative estimate of drug-likeness (QED) is 0.639. The number of nitriles is 1. The SMILES string of the molecule is Cn1c(SCCC#N)nc2cc(C(F)(F)F)ccc21. The molecule has 2 rings (SSSR count). The smallest absolute Gasteiger partial charge is 0.322 e. The van der Waals surface area contributed by atoms with Crippen molar-refractivity contribution in [1.82, 2.24) is 9.55 Å². The van der Waals surface area contributed by atoms with E-state index in [1.54, 1.807) is 11.6 Å². The number of hydrogen-bond donors (Lipinski definition) is 0. The highest BCUT2D eigenvalue weighted by Crippen LogP contribution is 2.32. The van der Waals surface area contributed by atoms with E-state index in [-0.39, 0.29) is 0 Å². The number of rotatable bonds is 3. The minimum absolute atomic E-state index is 0.316. The van der Waals surface area contributed by atoms with Crippen molar-refractivity contribution in [2.24, 2.45) is 7.05 Å². The minimum atomic E-state index is -4.36. The maximum atomic E-state index is 12.6. The van der Waals surface area contributed by atoms with Gasteiger partial charge in [-0.15, -0.1) is 0 Å². The lowest BCUT2D eigenvalue weighted by Gasteiger charge is -2.05. The summed E-state index contributed by atoms with van der Waals surface area (Å²) < 4.78 is 39.5. The normalized spacial score (nSPS) is 11.7. The molecule has 0 spiro atoms. The molecular weight excluding hydrogens is 275 g/mol. The van der Waals surface area contributed by atoms with Crippen LogP contribution in [0.5, 0.6) is 0 Å². The van der Waals surface area contributed by atoms with Crippen molar-refractivity contribution < 1.29 is 13.2 Å². The van der Waals surface area contributed by atoms with Crippen molar-refractivity contribution >= 4 is 22.8 Å². The van der Waals surface area contributed by atoms with Gasteiger partial charge in [0, 0.05) is 19.2 Å². The van der Waals surface area contributed by atoms with Gasteiger partial charge in [0.1, 0.15) is 0 Å². The molecule has 7 heteroatoms. The van der Waals surface area contributed by atoms with Crippen LogP contribution in [0, 0.1) is 11.3 Å². The van der Waals surface area contributed by atoms with Crippen molar-refractivity contribution in [2.75, 3.05) is 5.75 Å². The molecule has 100 valence electrons. The first-order valence-corrected chi connectivity index (χ1v) is 6.45. The summed E-state index contributed by atoms with van der Waals surface area (Å²) in [6, 6.07) is 5.52. The van der Waals surface area contributed by atoms with Crippen LogP contribution in [0.15, 0.2) is 23.4 Å². The number of alkyl halides is 3. The summed E-state index contributed by atoms with van der Waals surface area (Å²) in [6.45, 7) is 0. The highest BCUT2D eigenvalue weighted by atomic mass is 32.2. The van der Waals surface area contributed by atoms with Crippen LogP contribution in [-0.4, -0.2) is 15.3 Å². The fourth-order valence-electron chi connectivity index (χ4n) is 1.67. The number of aromatic nitrogens is 2. The van der Waals surface area contributed by atoms with Crippen molar-refractivity contribution in [3.8, 4) is 6.07 Å². The largest absolute Gasteiger partial charge is 0.416 e. The molecule has 2 aromatic rings. The van der Waals surface area contributed by atoms with Crippen molar-refractivity contribution in [2.45, 2.75) is 17.8 Å². The Labute approximate surface area is 112 Å². The van der Waals surface area contributed by atoms with Gasteiger partial charge in [-0.25, -0.2) is 4.98 Å². The Hall–Kier alpha value is -1.68. The second kappa shape index (κ2) is 5.13. The van der Waals surface area contributed by atoms with E-state index in [2.05, 4.69) is 4.98 Å². The van der Waals surface area contributed by atoms with Crippen LogP contribution in [-0.2, 0) is 13.2 Å². The van der Waals surface area contributed by atoms with Gasteiger partial charge < -0.3 is 4.57 Å². The van der Waals surface area contributed by atoms with Gasteiger partial charge in [0.2, 0.25) is 0 Å². The number of aryl methyl sites for hydroxylation is 1. The van der Waals surface area contributed by atoms with Gasteiger partial charge in [0.25, 0.3) is 0 Å². The number of fused-ring (bicyclic) bond motifs is 1. The van der Waals surface area contributed by atoms with Gasteiger partial charge in [0.05, 0.1) is 22.7 Å². The third-order valence-corrected chi connectivity index (χ3v) is 3.64. The van der Waals surface area contributed by atoms with Crippen LogP contribution in [0.2, 0.25) is 0 Å². The van der Waals surface area contributed by atoms with Gasteiger partial charge in [-0.2, -0.15) is 18.4 Å². The molecule has 0 bridgehead atoms. The third kappa shape index (κ3) is 2.84. The lowest BCUT2D eigenvalue weighted by Crippen LogP contribution is -2.04. The summed E-state index contributed by atoms with van der Waals surface area (Å²) in [7, 11) is 1.75. The molecule has 0 N–H and O–H groups in total. The Morgan fingerprint density at radius 3 is 2.79 bits per heavy atom. The van der Waals surface area contributed by atoms with Crippen LogP contribution in [0.25, 0.3) is 11.0 Å². The summed E-state index contributed by atoms with van der Waals surface area (Å²) in [5.41, 5.74) is 0.260. The van der Waals surface area contributed by atoms with Crippen LogP contribution < -0.4 is 0 Å². The molecule has 1 aromatic carbocycles. The van der Waals surface area contributed by atoms with Crippen LogP contribution in [0.3, 0.4) is 0 Å². The highest BCUT2D eigenvalue weighted by Gasteiger charge is 2.30. The molecule has 0 atom stereocenters. The standard InChI is InChI=1S/C12H10F3N3S/c1-18-10-4-3-8(12(13,14)15)7-9(10)17-11(18)19-6-2-5-16/h3-4,7H,2,6H2,1H3. The van der Waals surface area contributed by atoms with E-state index in [4.69, 9.17) is 5.26 Å². The topological polar surface area (TPSA) is 41.6 Å². The summed E-state index contributed by atoms with van der Waals surface area (Å²) in [4.78, 5) is 4.17. The van der Waals surface area contributed by atoms with E-state index in [9.17, 15) is 13.2 Å². The number of nitrogens with zero attached hydrogens (tertiary/aromatic N) is 3. The van der Waals surface area contributed by atoms with Gasteiger partial charge in [-0.05, 0) is 18.2 Å². The van der Waals surface area contributed by atoms with Crippen molar-refractivity contribution in [3.63, 3.8) is 0 Å². The van der Waals surface area contributed by atoms with Crippen LogP contribution in [0.4, 0.5) is 13.2 Å². The average Bonchev–Trinajstić information content (AvgIpc) is 2.65. The fourth-order valence-corrected chi connectivity index (χ4v) is 2.50. The van der Waals surface area contributed by atoms with E-state index in [0.29, 0.717) is 28.4 Å². The third-order valence-electron chi connectivity index (χ3n) is 2.61. The predicted octanol–water partition coefficient (Wildman–Crippen LogP) is 3.60. The van der Waals surface area contributed by atoms with E-state index >= 15 is 0 Å².